The maximum absolute atomic E-state index is 13.1. The van der Waals surface area contributed by atoms with Crippen molar-refractivity contribution in [3.63, 3.8) is 0 Å². The molecule has 3 rings (SSSR count). The molecule has 3 nitrogen and oxygen atoms in total. The van der Waals surface area contributed by atoms with Crippen LogP contribution in [0, 0.1) is 11.8 Å². The lowest BCUT2D eigenvalue weighted by atomic mass is 9.69. The van der Waals surface area contributed by atoms with Crippen molar-refractivity contribution in [2.75, 3.05) is 0 Å². The van der Waals surface area contributed by atoms with E-state index in [1.54, 1.807) is 6.92 Å². The number of halogens is 6. The summed E-state index contributed by atoms with van der Waals surface area (Å²) in [6.07, 6.45) is -1.58. The summed E-state index contributed by atoms with van der Waals surface area (Å²) in [7, 11) is -4.00. The fraction of sp³-hybridized carbons (Fsp3) is 0.552. The Hall–Kier alpha value is -2.36. The van der Waals surface area contributed by atoms with Gasteiger partial charge in [0.25, 0.3) is 0 Å². The highest BCUT2D eigenvalue weighted by Crippen LogP contribution is 2.44. The van der Waals surface area contributed by atoms with E-state index in [4.69, 9.17) is 0 Å². The highest BCUT2D eigenvalue weighted by atomic mass is 32.2. The van der Waals surface area contributed by atoms with E-state index in [9.17, 15) is 39.6 Å². The number of hydrogen-bond acceptors (Lipinski definition) is 3. The SMILES string of the molecule is CC1=CC(C(F)(F)F)=CC=C(C(=O)CCCC2CC(CC(C)(C)S(=O)(=O)c3cccc(C(F)(F)F)c3)C2)CC1. The molecule has 39 heavy (non-hydrogen) atoms. The number of alkyl halides is 6. The molecular formula is C29H34F6O3S. The molecule has 1 aromatic carbocycles. The van der Waals surface area contributed by atoms with Gasteiger partial charge in [0, 0.05) is 6.42 Å². The van der Waals surface area contributed by atoms with Gasteiger partial charge in [-0.25, -0.2) is 8.42 Å². The van der Waals surface area contributed by atoms with Crippen LogP contribution < -0.4 is 0 Å². The Balaban J connectivity index is 1.50. The number of rotatable bonds is 9. The van der Waals surface area contributed by atoms with E-state index in [2.05, 4.69) is 0 Å². The van der Waals surface area contributed by atoms with E-state index in [0.717, 1.165) is 43.5 Å². The molecule has 0 atom stereocenters. The van der Waals surface area contributed by atoms with E-state index in [0.29, 0.717) is 48.8 Å². The number of sulfone groups is 1. The number of carbonyl (C=O) groups is 1. The van der Waals surface area contributed by atoms with Crippen molar-refractivity contribution < 1.29 is 39.6 Å². The molecule has 1 aromatic rings. The number of carbonyl (C=O) groups excluding carboxylic acids is 1. The summed E-state index contributed by atoms with van der Waals surface area (Å²) in [5, 5.41) is 0. The topological polar surface area (TPSA) is 51.2 Å². The van der Waals surface area contributed by atoms with Crippen molar-refractivity contribution >= 4 is 15.6 Å². The van der Waals surface area contributed by atoms with Crippen LogP contribution in [0.15, 0.2) is 64.1 Å². The Morgan fingerprint density at radius 2 is 1.62 bits per heavy atom. The van der Waals surface area contributed by atoms with Gasteiger partial charge in [0.1, 0.15) is 0 Å². The number of allylic oxidation sites excluding steroid dienone is 6. The van der Waals surface area contributed by atoms with E-state index in [-0.39, 0.29) is 23.0 Å². The van der Waals surface area contributed by atoms with Crippen molar-refractivity contribution in [2.24, 2.45) is 11.8 Å². The molecule has 0 amide bonds. The molecule has 0 N–H and O–H groups in total. The summed E-state index contributed by atoms with van der Waals surface area (Å²) < 4.78 is 104. The zero-order valence-corrected chi connectivity index (χ0v) is 23.1. The minimum atomic E-state index is -4.64. The molecule has 0 bridgehead atoms. The molecule has 0 aliphatic heterocycles. The van der Waals surface area contributed by atoms with Gasteiger partial charge >= 0.3 is 12.4 Å². The van der Waals surface area contributed by atoms with Crippen LogP contribution in [0.25, 0.3) is 0 Å². The van der Waals surface area contributed by atoms with Crippen molar-refractivity contribution in [2.45, 2.75) is 94.1 Å². The molecule has 1 fully saturated rings. The van der Waals surface area contributed by atoms with Gasteiger partial charge in [0.05, 0.1) is 20.8 Å². The molecule has 2 aliphatic carbocycles. The third-order valence-corrected chi connectivity index (χ3v) is 10.2. The van der Waals surface area contributed by atoms with E-state index in [1.807, 2.05) is 0 Å². The largest absolute Gasteiger partial charge is 0.416 e. The summed E-state index contributed by atoms with van der Waals surface area (Å²) in [6.45, 7) is 4.69. The summed E-state index contributed by atoms with van der Waals surface area (Å²) in [5.41, 5.74) is -0.826. The molecule has 0 spiro atoms. The fourth-order valence-corrected chi connectivity index (χ4v) is 6.98. The van der Waals surface area contributed by atoms with E-state index in [1.165, 1.54) is 26.0 Å². The molecule has 216 valence electrons. The van der Waals surface area contributed by atoms with Gasteiger partial charge in [-0.15, -0.1) is 0 Å². The van der Waals surface area contributed by atoms with Gasteiger partial charge in [-0.3, -0.25) is 4.79 Å². The number of benzene rings is 1. The smallest absolute Gasteiger partial charge is 0.295 e. The van der Waals surface area contributed by atoms with Crippen molar-refractivity contribution in [3.8, 4) is 0 Å². The van der Waals surface area contributed by atoms with Gasteiger partial charge < -0.3 is 0 Å². The molecule has 0 saturated heterocycles. The van der Waals surface area contributed by atoms with Crippen molar-refractivity contribution in [1.29, 1.82) is 0 Å². The standard InChI is InChI=1S/C29H34F6O3S/c1-19-10-11-22(12-13-24(14-19)29(33,34)35)26(36)9-4-6-20-15-21(16-20)18-27(2,3)39(37,38)25-8-5-7-23(17-25)28(30,31)32/h5,7-8,12-14,17,20-21H,4,6,9-11,15-16,18H2,1-3H3. The molecule has 0 heterocycles. The Labute approximate surface area is 226 Å². The lowest BCUT2D eigenvalue weighted by Crippen LogP contribution is -2.38. The first-order valence-corrected chi connectivity index (χ1v) is 14.5. The predicted molar refractivity (Wildman–Crippen MR) is 138 cm³/mol. The molecule has 1 saturated carbocycles. The Morgan fingerprint density at radius 3 is 2.23 bits per heavy atom. The lowest BCUT2D eigenvalue weighted by Gasteiger charge is -2.40. The second-order valence-corrected chi connectivity index (χ2v) is 13.9. The predicted octanol–water partition coefficient (Wildman–Crippen LogP) is 8.57. The van der Waals surface area contributed by atoms with Crippen molar-refractivity contribution in [1.82, 2.24) is 0 Å². The average Bonchev–Trinajstić information content (AvgIpc) is 2.78. The van der Waals surface area contributed by atoms with Crippen LogP contribution in [0.5, 0.6) is 0 Å². The molecule has 0 radical (unpaired) electrons. The van der Waals surface area contributed by atoms with E-state index >= 15 is 0 Å². The lowest BCUT2D eigenvalue weighted by molar-refractivity contribution is -0.137. The van der Waals surface area contributed by atoms with Gasteiger partial charge in [0.2, 0.25) is 0 Å². The highest BCUT2D eigenvalue weighted by molar-refractivity contribution is 7.92. The van der Waals surface area contributed by atoms with Crippen LogP contribution in [0.2, 0.25) is 0 Å². The molecule has 0 aromatic heterocycles. The third kappa shape index (κ3) is 7.86. The summed E-state index contributed by atoms with van der Waals surface area (Å²) >= 11 is 0. The molecule has 10 heteroatoms. The first-order valence-electron chi connectivity index (χ1n) is 13.0. The molecular weight excluding hydrogens is 542 g/mol. The maximum Gasteiger partial charge on any atom is 0.416 e. The molecule has 0 unspecified atom stereocenters. The quantitative estimate of drug-likeness (QED) is 0.277. The van der Waals surface area contributed by atoms with Gasteiger partial charge in [0.15, 0.2) is 15.6 Å². The van der Waals surface area contributed by atoms with Crippen LogP contribution in [-0.2, 0) is 20.8 Å². The Morgan fingerprint density at radius 1 is 0.949 bits per heavy atom. The number of ketones is 1. The van der Waals surface area contributed by atoms with Crippen LogP contribution >= 0.6 is 0 Å². The minimum absolute atomic E-state index is 0.107. The first-order chi connectivity index (χ1) is 17.9. The zero-order chi connectivity index (χ0) is 29.2. The average molecular weight is 577 g/mol. The highest BCUT2D eigenvalue weighted by Gasteiger charge is 2.42. The number of Topliss-reactive ketones (excluding diaryl/α,β-unsaturated/α-hetero) is 1. The summed E-state index contributed by atoms with van der Waals surface area (Å²) in [6, 6.07) is 3.81. The normalized spacial score (nSPS) is 21.2. The van der Waals surface area contributed by atoms with Gasteiger partial charge in [-0.2, -0.15) is 26.3 Å². The van der Waals surface area contributed by atoms with Crippen LogP contribution in [0.3, 0.4) is 0 Å². The Kier molecular flexibility index (Phi) is 9.30. The zero-order valence-electron chi connectivity index (χ0n) is 22.3. The van der Waals surface area contributed by atoms with E-state index < -0.39 is 38.1 Å². The monoisotopic (exact) mass is 576 g/mol. The summed E-state index contributed by atoms with van der Waals surface area (Å²) in [5.74, 6) is 0.255. The van der Waals surface area contributed by atoms with Gasteiger partial charge in [-0.1, -0.05) is 23.8 Å². The Bertz CT molecular complexity index is 1260. The second kappa shape index (κ2) is 11.6. The van der Waals surface area contributed by atoms with Gasteiger partial charge in [-0.05, 0) is 107 Å². The first kappa shape index (κ1) is 31.2. The third-order valence-electron chi connectivity index (χ3n) is 7.67. The van der Waals surface area contributed by atoms with Crippen LogP contribution in [0.1, 0.15) is 77.7 Å². The maximum atomic E-state index is 13.1. The molecule has 2 aliphatic rings. The summed E-state index contributed by atoms with van der Waals surface area (Å²) in [4.78, 5) is 12.3. The van der Waals surface area contributed by atoms with Crippen LogP contribution in [0.4, 0.5) is 26.3 Å². The second-order valence-electron chi connectivity index (χ2n) is 11.3. The number of hydrogen-bond donors (Lipinski definition) is 0. The van der Waals surface area contributed by atoms with Crippen LogP contribution in [-0.4, -0.2) is 25.1 Å². The fourth-order valence-electron chi connectivity index (χ4n) is 5.35. The van der Waals surface area contributed by atoms with Crippen molar-refractivity contribution in [3.05, 3.63) is 64.8 Å². The minimum Gasteiger partial charge on any atom is -0.295 e.